The first-order chi connectivity index (χ1) is 12.2. The molecule has 0 aromatic heterocycles. The Morgan fingerprint density at radius 1 is 0.880 bits per heavy atom. The quantitative estimate of drug-likeness (QED) is 0.194. The standard InChI is InChI=1S/C22H42O3/c1-4-7-8-9-10-11-13-17-22(23-5-2,24-6-3)19-18-21-16-14-12-15-20(21)25-21/h20H,4-19H2,1-3H3. The van der Waals surface area contributed by atoms with Crippen LogP contribution in [0.15, 0.2) is 0 Å². The summed E-state index contributed by atoms with van der Waals surface area (Å²) in [6, 6.07) is 0. The maximum atomic E-state index is 6.19. The molecule has 0 aromatic carbocycles. The van der Waals surface area contributed by atoms with Crippen LogP contribution in [0.4, 0.5) is 0 Å². The van der Waals surface area contributed by atoms with Gasteiger partial charge in [0, 0.05) is 26.1 Å². The molecule has 0 N–H and O–H groups in total. The molecule has 1 saturated heterocycles. The van der Waals surface area contributed by atoms with Gasteiger partial charge in [-0.3, -0.25) is 0 Å². The average molecular weight is 355 g/mol. The van der Waals surface area contributed by atoms with Crippen LogP contribution in [-0.2, 0) is 14.2 Å². The van der Waals surface area contributed by atoms with Crippen molar-refractivity contribution in [1.29, 1.82) is 0 Å². The van der Waals surface area contributed by atoms with Crippen molar-refractivity contribution < 1.29 is 14.2 Å². The molecule has 2 rings (SSSR count). The first kappa shape index (κ1) is 21.2. The Morgan fingerprint density at radius 2 is 1.56 bits per heavy atom. The van der Waals surface area contributed by atoms with Crippen LogP contribution in [0.5, 0.6) is 0 Å². The van der Waals surface area contributed by atoms with Crippen molar-refractivity contribution >= 4 is 0 Å². The number of ether oxygens (including phenoxy) is 3. The average Bonchev–Trinajstić information content (AvgIpc) is 3.35. The lowest BCUT2D eigenvalue weighted by atomic mass is 9.84. The molecule has 1 aliphatic carbocycles. The largest absolute Gasteiger partial charge is 0.366 e. The van der Waals surface area contributed by atoms with E-state index >= 15 is 0 Å². The van der Waals surface area contributed by atoms with Gasteiger partial charge in [0.2, 0.25) is 0 Å². The maximum Gasteiger partial charge on any atom is 0.168 e. The number of hydrogen-bond acceptors (Lipinski definition) is 3. The van der Waals surface area contributed by atoms with Crippen LogP contribution < -0.4 is 0 Å². The van der Waals surface area contributed by atoms with Crippen molar-refractivity contribution in [2.24, 2.45) is 0 Å². The summed E-state index contributed by atoms with van der Waals surface area (Å²) in [4.78, 5) is 0. The summed E-state index contributed by atoms with van der Waals surface area (Å²) in [5, 5.41) is 0. The molecule has 0 amide bonds. The van der Waals surface area contributed by atoms with Gasteiger partial charge in [-0.05, 0) is 39.5 Å². The minimum atomic E-state index is -0.379. The van der Waals surface area contributed by atoms with Gasteiger partial charge in [0.25, 0.3) is 0 Å². The Labute approximate surface area is 156 Å². The van der Waals surface area contributed by atoms with Gasteiger partial charge in [0.15, 0.2) is 5.79 Å². The second kappa shape index (κ2) is 10.9. The van der Waals surface area contributed by atoms with Crippen molar-refractivity contribution in [1.82, 2.24) is 0 Å². The molecule has 148 valence electrons. The van der Waals surface area contributed by atoms with Gasteiger partial charge in [0.05, 0.1) is 11.7 Å². The first-order valence-corrected chi connectivity index (χ1v) is 11.2. The number of epoxide rings is 1. The Morgan fingerprint density at radius 3 is 2.20 bits per heavy atom. The Kier molecular flexibility index (Phi) is 9.23. The summed E-state index contributed by atoms with van der Waals surface area (Å²) >= 11 is 0. The van der Waals surface area contributed by atoms with Crippen LogP contribution in [0.25, 0.3) is 0 Å². The van der Waals surface area contributed by atoms with Crippen LogP contribution >= 0.6 is 0 Å². The molecular formula is C22H42O3. The van der Waals surface area contributed by atoms with Gasteiger partial charge in [0.1, 0.15) is 0 Å². The fourth-order valence-electron chi connectivity index (χ4n) is 4.62. The lowest BCUT2D eigenvalue weighted by molar-refractivity contribution is -0.243. The van der Waals surface area contributed by atoms with E-state index in [1.165, 1.54) is 70.6 Å². The zero-order chi connectivity index (χ0) is 18.0. The summed E-state index contributed by atoms with van der Waals surface area (Å²) in [6.45, 7) is 7.92. The van der Waals surface area contributed by atoms with Crippen LogP contribution in [-0.4, -0.2) is 30.7 Å². The molecule has 0 radical (unpaired) electrons. The van der Waals surface area contributed by atoms with Crippen molar-refractivity contribution in [3.63, 3.8) is 0 Å². The van der Waals surface area contributed by atoms with Gasteiger partial charge in [-0.25, -0.2) is 0 Å². The van der Waals surface area contributed by atoms with Gasteiger partial charge in [-0.2, -0.15) is 0 Å². The highest BCUT2D eigenvalue weighted by molar-refractivity contribution is 5.05. The van der Waals surface area contributed by atoms with Crippen LogP contribution in [0, 0.1) is 0 Å². The molecular weight excluding hydrogens is 312 g/mol. The van der Waals surface area contributed by atoms with E-state index in [2.05, 4.69) is 20.8 Å². The third kappa shape index (κ3) is 6.52. The molecule has 25 heavy (non-hydrogen) atoms. The lowest BCUT2D eigenvalue weighted by Crippen LogP contribution is -2.38. The molecule has 2 atom stereocenters. The monoisotopic (exact) mass is 354 g/mol. The third-order valence-corrected chi connectivity index (χ3v) is 6.13. The highest BCUT2D eigenvalue weighted by Crippen LogP contribution is 2.51. The molecule has 2 fully saturated rings. The van der Waals surface area contributed by atoms with Crippen molar-refractivity contribution in [2.45, 2.75) is 128 Å². The third-order valence-electron chi connectivity index (χ3n) is 6.13. The zero-order valence-electron chi connectivity index (χ0n) is 17.1. The fraction of sp³-hybridized carbons (Fsp3) is 1.00. The van der Waals surface area contributed by atoms with E-state index in [1.807, 2.05) is 0 Å². The van der Waals surface area contributed by atoms with E-state index in [-0.39, 0.29) is 11.4 Å². The number of hydrogen-bond donors (Lipinski definition) is 0. The second-order valence-electron chi connectivity index (χ2n) is 8.07. The van der Waals surface area contributed by atoms with Crippen LogP contribution in [0.3, 0.4) is 0 Å². The first-order valence-electron chi connectivity index (χ1n) is 11.2. The van der Waals surface area contributed by atoms with Crippen molar-refractivity contribution in [3.8, 4) is 0 Å². The topological polar surface area (TPSA) is 31.0 Å². The number of fused-ring (bicyclic) bond motifs is 1. The van der Waals surface area contributed by atoms with Gasteiger partial charge in [-0.15, -0.1) is 0 Å². The summed E-state index contributed by atoms with van der Waals surface area (Å²) in [5.41, 5.74) is 0.178. The van der Waals surface area contributed by atoms with Gasteiger partial charge < -0.3 is 14.2 Å². The lowest BCUT2D eigenvalue weighted by Gasteiger charge is -2.35. The van der Waals surface area contributed by atoms with E-state index < -0.39 is 0 Å². The minimum absolute atomic E-state index is 0.178. The SMILES string of the molecule is CCCCCCCCCC(CCC12CCCCC1O2)(OCC)OCC. The molecule has 1 saturated carbocycles. The second-order valence-corrected chi connectivity index (χ2v) is 8.07. The van der Waals surface area contributed by atoms with Gasteiger partial charge >= 0.3 is 0 Å². The Hall–Kier alpha value is -0.120. The molecule has 2 unspecified atom stereocenters. The summed E-state index contributed by atoms with van der Waals surface area (Å²) in [7, 11) is 0. The van der Waals surface area contributed by atoms with E-state index in [9.17, 15) is 0 Å². The summed E-state index contributed by atoms with van der Waals surface area (Å²) < 4.78 is 18.5. The summed E-state index contributed by atoms with van der Waals surface area (Å²) in [5.74, 6) is -0.379. The molecule has 0 aromatic rings. The fourth-order valence-corrected chi connectivity index (χ4v) is 4.62. The van der Waals surface area contributed by atoms with Crippen LogP contribution in [0.1, 0.15) is 111 Å². The molecule has 1 aliphatic heterocycles. The van der Waals surface area contributed by atoms with Crippen molar-refractivity contribution in [3.05, 3.63) is 0 Å². The maximum absolute atomic E-state index is 6.19. The molecule has 1 heterocycles. The molecule has 0 bridgehead atoms. The molecule has 0 spiro atoms. The highest BCUT2D eigenvalue weighted by Gasteiger charge is 2.57. The van der Waals surface area contributed by atoms with E-state index in [1.54, 1.807) is 0 Å². The minimum Gasteiger partial charge on any atom is -0.366 e. The van der Waals surface area contributed by atoms with Gasteiger partial charge in [-0.1, -0.05) is 58.3 Å². The van der Waals surface area contributed by atoms with Crippen LogP contribution in [0.2, 0.25) is 0 Å². The normalized spacial score (nSPS) is 25.8. The number of rotatable bonds is 15. The Balaban J connectivity index is 1.76. The Bertz CT molecular complexity index is 351. The molecule has 3 heteroatoms. The predicted molar refractivity (Wildman–Crippen MR) is 104 cm³/mol. The van der Waals surface area contributed by atoms with E-state index in [0.717, 1.165) is 32.5 Å². The molecule has 3 nitrogen and oxygen atoms in total. The van der Waals surface area contributed by atoms with E-state index in [4.69, 9.17) is 14.2 Å². The highest BCUT2D eigenvalue weighted by atomic mass is 16.7. The number of unbranched alkanes of at least 4 members (excludes halogenated alkanes) is 6. The van der Waals surface area contributed by atoms with E-state index in [0.29, 0.717) is 6.10 Å². The smallest absolute Gasteiger partial charge is 0.168 e. The predicted octanol–water partition coefficient (Wildman–Crippen LogP) is 6.39. The van der Waals surface area contributed by atoms with Crippen molar-refractivity contribution in [2.75, 3.05) is 13.2 Å². The zero-order valence-corrected chi connectivity index (χ0v) is 17.1. The summed E-state index contributed by atoms with van der Waals surface area (Å²) in [6.07, 6.45) is 18.1. The molecule has 2 aliphatic rings.